The van der Waals surface area contributed by atoms with Crippen molar-refractivity contribution in [1.29, 1.82) is 0 Å². The van der Waals surface area contributed by atoms with E-state index in [1.54, 1.807) is 0 Å². The molecule has 1 heterocycles. The van der Waals surface area contributed by atoms with Crippen molar-refractivity contribution in [2.24, 2.45) is 0 Å². The van der Waals surface area contributed by atoms with E-state index in [1.807, 2.05) is 0 Å². The van der Waals surface area contributed by atoms with Crippen LogP contribution in [0.4, 0.5) is 0 Å². The number of nitrogens with zero attached hydrogens (tertiary/aromatic N) is 1. The third kappa shape index (κ3) is 1.57. The second-order valence-electron chi connectivity index (χ2n) is 4.55. The summed E-state index contributed by atoms with van der Waals surface area (Å²) in [6.07, 6.45) is 5.22. The van der Waals surface area contributed by atoms with Gasteiger partial charge in [0.1, 0.15) is 11.5 Å². The van der Waals surface area contributed by atoms with Gasteiger partial charge in [-0.1, -0.05) is 5.16 Å². The molecule has 3 heteroatoms. The molecule has 3 rings (SSSR count). The first-order valence-electron chi connectivity index (χ1n) is 5.53. The van der Waals surface area contributed by atoms with Gasteiger partial charge in [0.2, 0.25) is 0 Å². The van der Waals surface area contributed by atoms with Crippen LogP contribution in [-0.2, 0) is 6.54 Å². The van der Waals surface area contributed by atoms with Gasteiger partial charge in [-0.3, -0.25) is 0 Å². The summed E-state index contributed by atoms with van der Waals surface area (Å²) in [4.78, 5) is 0. The molecule has 3 nitrogen and oxygen atoms in total. The predicted molar refractivity (Wildman–Crippen MR) is 53.1 cm³/mol. The van der Waals surface area contributed by atoms with Crippen LogP contribution in [0, 0.1) is 6.92 Å². The molecular formula is C11H16N2O. The third-order valence-electron chi connectivity index (χ3n) is 3.14. The van der Waals surface area contributed by atoms with Crippen molar-refractivity contribution in [2.45, 2.75) is 51.1 Å². The van der Waals surface area contributed by atoms with Gasteiger partial charge in [-0.05, 0) is 32.6 Å². The molecule has 0 aromatic carbocycles. The average Bonchev–Trinajstić information content (AvgIpc) is 3.05. The van der Waals surface area contributed by atoms with Gasteiger partial charge in [-0.2, -0.15) is 0 Å². The minimum Gasteiger partial charge on any atom is -0.361 e. The zero-order valence-corrected chi connectivity index (χ0v) is 8.55. The number of aromatic nitrogens is 1. The van der Waals surface area contributed by atoms with Crippen LogP contribution in [-0.4, -0.2) is 11.2 Å². The lowest BCUT2D eigenvalue weighted by atomic mass is 10.1. The van der Waals surface area contributed by atoms with E-state index in [2.05, 4.69) is 17.4 Å². The van der Waals surface area contributed by atoms with E-state index in [9.17, 15) is 0 Å². The maximum absolute atomic E-state index is 5.38. The van der Waals surface area contributed by atoms with Crippen LogP contribution in [0.5, 0.6) is 0 Å². The fourth-order valence-electron chi connectivity index (χ4n) is 1.80. The van der Waals surface area contributed by atoms with Gasteiger partial charge < -0.3 is 9.84 Å². The van der Waals surface area contributed by atoms with Crippen molar-refractivity contribution < 1.29 is 4.52 Å². The molecule has 1 N–H and O–H groups in total. The molecule has 2 saturated carbocycles. The Morgan fingerprint density at radius 2 is 2.14 bits per heavy atom. The second-order valence-corrected chi connectivity index (χ2v) is 4.55. The first-order valence-corrected chi connectivity index (χ1v) is 5.53. The zero-order valence-electron chi connectivity index (χ0n) is 8.55. The van der Waals surface area contributed by atoms with E-state index in [0.717, 1.165) is 24.0 Å². The third-order valence-corrected chi connectivity index (χ3v) is 3.14. The summed E-state index contributed by atoms with van der Waals surface area (Å²) >= 11 is 0. The molecule has 0 unspecified atom stereocenters. The summed E-state index contributed by atoms with van der Waals surface area (Å²) in [7, 11) is 0. The number of rotatable bonds is 4. The van der Waals surface area contributed by atoms with Crippen LogP contribution >= 0.6 is 0 Å². The van der Waals surface area contributed by atoms with Crippen molar-refractivity contribution >= 4 is 0 Å². The maximum atomic E-state index is 5.38. The Bertz CT molecular complexity index is 337. The molecule has 2 fully saturated rings. The van der Waals surface area contributed by atoms with Crippen LogP contribution < -0.4 is 5.32 Å². The quantitative estimate of drug-likeness (QED) is 0.794. The van der Waals surface area contributed by atoms with Gasteiger partial charge in [0, 0.05) is 24.1 Å². The smallest absolute Gasteiger partial charge is 0.143 e. The molecule has 0 atom stereocenters. The fraction of sp³-hybridized carbons (Fsp3) is 0.727. The van der Waals surface area contributed by atoms with Gasteiger partial charge in [0.05, 0.1) is 0 Å². The van der Waals surface area contributed by atoms with Crippen molar-refractivity contribution in [3.63, 3.8) is 0 Å². The molecule has 0 amide bonds. The molecule has 0 saturated heterocycles. The van der Waals surface area contributed by atoms with Crippen LogP contribution in [0.15, 0.2) is 4.52 Å². The summed E-state index contributed by atoms with van der Waals surface area (Å²) in [5.41, 5.74) is 2.39. The first kappa shape index (κ1) is 8.48. The first-order chi connectivity index (χ1) is 6.84. The summed E-state index contributed by atoms with van der Waals surface area (Å²) in [5, 5.41) is 7.60. The predicted octanol–water partition coefficient (Wildman–Crippen LogP) is 2.11. The maximum Gasteiger partial charge on any atom is 0.143 e. The molecule has 2 aliphatic carbocycles. The zero-order chi connectivity index (χ0) is 9.54. The fourth-order valence-corrected chi connectivity index (χ4v) is 1.80. The molecule has 1 aromatic heterocycles. The topological polar surface area (TPSA) is 38.1 Å². The summed E-state index contributed by atoms with van der Waals surface area (Å²) in [6.45, 7) is 3.01. The Morgan fingerprint density at radius 1 is 1.36 bits per heavy atom. The van der Waals surface area contributed by atoms with Crippen LogP contribution in [0.1, 0.15) is 48.6 Å². The standard InChI is InChI=1S/C11H16N2O/c1-7-10(6-12-9-4-5-9)13-14-11(7)8-2-3-8/h8-9,12H,2-6H2,1H3. The summed E-state index contributed by atoms with van der Waals surface area (Å²) < 4.78 is 5.38. The van der Waals surface area contributed by atoms with Crippen molar-refractivity contribution in [1.82, 2.24) is 10.5 Å². The average molecular weight is 192 g/mol. The largest absolute Gasteiger partial charge is 0.361 e. The van der Waals surface area contributed by atoms with Crippen LogP contribution in [0.2, 0.25) is 0 Å². The van der Waals surface area contributed by atoms with E-state index in [4.69, 9.17) is 4.52 Å². The molecule has 0 bridgehead atoms. The van der Waals surface area contributed by atoms with Crippen molar-refractivity contribution in [3.05, 3.63) is 17.0 Å². The van der Waals surface area contributed by atoms with Crippen LogP contribution in [0.3, 0.4) is 0 Å². The molecular weight excluding hydrogens is 176 g/mol. The van der Waals surface area contributed by atoms with Crippen molar-refractivity contribution in [2.75, 3.05) is 0 Å². The number of hydrogen-bond donors (Lipinski definition) is 1. The molecule has 14 heavy (non-hydrogen) atoms. The minimum absolute atomic E-state index is 0.678. The van der Waals surface area contributed by atoms with Gasteiger partial charge in [-0.25, -0.2) is 0 Å². The molecule has 0 aliphatic heterocycles. The Balaban J connectivity index is 1.69. The highest BCUT2D eigenvalue weighted by Gasteiger charge is 2.30. The highest BCUT2D eigenvalue weighted by molar-refractivity contribution is 5.26. The molecule has 0 radical (unpaired) electrons. The monoisotopic (exact) mass is 192 g/mol. The van der Waals surface area contributed by atoms with Gasteiger partial charge >= 0.3 is 0 Å². The SMILES string of the molecule is Cc1c(CNC2CC2)noc1C1CC1. The van der Waals surface area contributed by atoms with Gasteiger partial charge in [0.15, 0.2) is 0 Å². The summed E-state index contributed by atoms with van der Waals surface area (Å²) in [6, 6.07) is 0.746. The van der Waals surface area contributed by atoms with Crippen molar-refractivity contribution in [3.8, 4) is 0 Å². The summed E-state index contributed by atoms with van der Waals surface area (Å²) in [5.74, 6) is 1.81. The highest BCUT2D eigenvalue weighted by Crippen LogP contribution is 2.42. The van der Waals surface area contributed by atoms with E-state index in [1.165, 1.54) is 31.2 Å². The Labute approximate surface area is 83.9 Å². The lowest BCUT2D eigenvalue weighted by Gasteiger charge is -1.98. The lowest BCUT2D eigenvalue weighted by molar-refractivity contribution is 0.375. The Morgan fingerprint density at radius 3 is 2.79 bits per heavy atom. The second kappa shape index (κ2) is 3.09. The molecule has 2 aliphatic rings. The normalized spacial score (nSPS) is 21.5. The van der Waals surface area contributed by atoms with E-state index in [-0.39, 0.29) is 0 Å². The van der Waals surface area contributed by atoms with Gasteiger partial charge in [0.25, 0.3) is 0 Å². The molecule has 76 valence electrons. The molecule has 0 spiro atoms. The molecule has 1 aromatic rings. The van der Waals surface area contributed by atoms with E-state index >= 15 is 0 Å². The number of nitrogens with one attached hydrogen (secondary N) is 1. The van der Waals surface area contributed by atoms with E-state index in [0.29, 0.717) is 5.92 Å². The number of hydrogen-bond acceptors (Lipinski definition) is 3. The van der Waals surface area contributed by atoms with Gasteiger partial charge in [-0.15, -0.1) is 0 Å². The lowest BCUT2D eigenvalue weighted by Crippen LogP contribution is -2.16. The highest BCUT2D eigenvalue weighted by atomic mass is 16.5. The van der Waals surface area contributed by atoms with Crippen LogP contribution in [0.25, 0.3) is 0 Å². The Hall–Kier alpha value is -0.830. The Kier molecular flexibility index (Phi) is 1.87. The van der Waals surface area contributed by atoms with E-state index < -0.39 is 0 Å². The minimum atomic E-state index is 0.678.